The molecule has 0 aliphatic heterocycles. The van der Waals surface area contributed by atoms with Gasteiger partial charge in [-0.2, -0.15) is 0 Å². The van der Waals surface area contributed by atoms with Gasteiger partial charge in [0.15, 0.2) is 0 Å². The van der Waals surface area contributed by atoms with Crippen LogP contribution in [-0.4, -0.2) is 23.2 Å². The number of halogens is 2. The molecule has 1 aromatic carbocycles. The zero-order valence-electron chi connectivity index (χ0n) is 9.12. The monoisotopic (exact) mass is 273 g/mol. The molecule has 0 bridgehead atoms. The van der Waals surface area contributed by atoms with E-state index in [0.29, 0.717) is 10.0 Å². The van der Waals surface area contributed by atoms with Crippen molar-refractivity contribution in [2.75, 3.05) is 0 Å². The average molecular weight is 274 g/mol. The first-order valence-corrected chi connectivity index (χ1v) is 6.28. The van der Waals surface area contributed by atoms with Crippen LogP contribution in [0.5, 0.6) is 0 Å². The fraction of sp³-hybridized carbons (Fsp3) is 0.417. The normalized spacial score (nSPS) is 23.7. The van der Waals surface area contributed by atoms with Crippen LogP contribution in [0.4, 0.5) is 0 Å². The molecule has 17 heavy (non-hydrogen) atoms. The lowest BCUT2D eigenvalue weighted by atomic mass is 10.1. The molecular formula is C12H13Cl2NO2. The van der Waals surface area contributed by atoms with Crippen molar-refractivity contribution in [3.05, 3.63) is 33.8 Å². The second-order valence-corrected chi connectivity index (χ2v) is 4.99. The number of hydrogen-bond donors (Lipinski definition) is 2. The Kier molecular flexibility index (Phi) is 3.92. The molecule has 5 heteroatoms. The van der Waals surface area contributed by atoms with Gasteiger partial charge in [-0.25, -0.2) is 0 Å². The molecule has 0 aromatic heterocycles. The summed E-state index contributed by atoms with van der Waals surface area (Å²) in [7, 11) is 0. The van der Waals surface area contributed by atoms with E-state index < -0.39 is 6.10 Å². The largest absolute Gasteiger partial charge is 0.391 e. The lowest BCUT2D eigenvalue weighted by Crippen LogP contribution is -2.40. The van der Waals surface area contributed by atoms with E-state index in [2.05, 4.69) is 5.32 Å². The van der Waals surface area contributed by atoms with Crippen molar-refractivity contribution < 1.29 is 9.90 Å². The second kappa shape index (κ2) is 5.25. The topological polar surface area (TPSA) is 49.3 Å². The highest BCUT2D eigenvalue weighted by Gasteiger charge is 2.27. The van der Waals surface area contributed by atoms with Crippen molar-refractivity contribution in [1.82, 2.24) is 5.32 Å². The van der Waals surface area contributed by atoms with Crippen molar-refractivity contribution in [3.8, 4) is 0 Å². The van der Waals surface area contributed by atoms with Crippen LogP contribution >= 0.6 is 23.2 Å². The summed E-state index contributed by atoms with van der Waals surface area (Å²) in [6.45, 7) is 0. The van der Waals surface area contributed by atoms with Crippen LogP contribution in [-0.2, 0) is 0 Å². The predicted octanol–water partition coefficient (Wildman–Crippen LogP) is 2.64. The molecule has 3 nitrogen and oxygen atoms in total. The number of carbonyl (C=O) groups is 1. The number of carbonyl (C=O) groups excluding carboxylic acids is 1. The van der Waals surface area contributed by atoms with E-state index in [1.807, 2.05) is 0 Å². The second-order valence-electron chi connectivity index (χ2n) is 4.17. The minimum absolute atomic E-state index is 0.199. The number of hydrogen-bond acceptors (Lipinski definition) is 2. The van der Waals surface area contributed by atoms with Gasteiger partial charge >= 0.3 is 0 Å². The maximum Gasteiger partial charge on any atom is 0.254 e. The summed E-state index contributed by atoms with van der Waals surface area (Å²) in [5.41, 5.74) is 0.273. The Labute approximate surface area is 110 Å². The van der Waals surface area contributed by atoms with Gasteiger partial charge in [0.25, 0.3) is 5.91 Å². The van der Waals surface area contributed by atoms with Gasteiger partial charge in [0, 0.05) is 0 Å². The minimum Gasteiger partial charge on any atom is -0.391 e. The van der Waals surface area contributed by atoms with Crippen molar-refractivity contribution in [2.24, 2.45) is 0 Å². The third kappa shape index (κ3) is 2.73. The van der Waals surface area contributed by atoms with Crippen molar-refractivity contribution in [1.29, 1.82) is 0 Å². The fourth-order valence-electron chi connectivity index (χ4n) is 2.06. The quantitative estimate of drug-likeness (QED) is 0.871. The molecule has 1 saturated carbocycles. The van der Waals surface area contributed by atoms with Gasteiger partial charge in [0.2, 0.25) is 0 Å². The first kappa shape index (κ1) is 12.7. The number of aliphatic hydroxyl groups is 1. The zero-order valence-corrected chi connectivity index (χ0v) is 10.6. The van der Waals surface area contributed by atoms with Crippen molar-refractivity contribution in [2.45, 2.75) is 31.4 Å². The van der Waals surface area contributed by atoms with E-state index in [1.165, 1.54) is 0 Å². The molecule has 1 aliphatic carbocycles. The zero-order chi connectivity index (χ0) is 12.4. The van der Waals surface area contributed by atoms with E-state index in [9.17, 15) is 9.90 Å². The molecule has 0 unspecified atom stereocenters. The Hall–Kier alpha value is -0.770. The van der Waals surface area contributed by atoms with Gasteiger partial charge in [-0.3, -0.25) is 4.79 Å². The molecule has 0 saturated heterocycles. The van der Waals surface area contributed by atoms with E-state index in [0.717, 1.165) is 19.3 Å². The number of benzene rings is 1. The first-order valence-electron chi connectivity index (χ1n) is 5.52. The molecule has 2 atom stereocenters. The number of amides is 1. The van der Waals surface area contributed by atoms with E-state index in [1.54, 1.807) is 18.2 Å². The Balaban J connectivity index is 2.14. The third-order valence-corrected chi connectivity index (χ3v) is 3.62. The van der Waals surface area contributed by atoms with Crippen LogP contribution < -0.4 is 5.32 Å². The number of aliphatic hydroxyl groups excluding tert-OH is 1. The lowest BCUT2D eigenvalue weighted by Gasteiger charge is -2.17. The summed E-state index contributed by atoms with van der Waals surface area (Å²) in [6.07, 6.45) is 1.96. The Morgan fingerprint density at radius 2 is 1.94 bits per heavy atom. The Bertz CT molecular complexity index is 416. The maximum atomic E-state index is 12.0. The van der Waals surface area contributed by atoms with E-state index >= 15 is 0 Å². The van der Waals surface area contributed by atoms with Gasteiger partial charge in [-0.1, -0.05) is 29.3 Å². The molecule has 0 heterocycles. The van der Waals surface area contributed by atoms with Crippen LogP contribution in [0.1, 0.15) is 29.6 Å². The lowest BCUT2D eigenvalue weighted by molar-refractivity contribution is 0.0873. The van der Waals surface area contributed by atoms with E-state index in [-0.39, 0.29) is 17.5 Å². The fourth-order valence-corrected chi connectivity index (χ4v) is 2.63. The van der Waals surface area contributed by atoms with Gasteiger partial charge in [0.1, 0.15) is 0 Å². The summed E-state index contributed by atoms with van der Waals surface area (Å²) < 4.78 is 0. The third-order valence-electron chi connectivity index (χ3n) is 2.99. The highest BCUT2D eigenvalue weighted by Crippen LogP contribution is 2.25. The van der Waals surface area contributed by atoms with Crippen LogP contribution in [0.15, 0.2) is 18.2 Å². The Morgan fingerprint density at radius 3 is 2.47 bits per heavy atom. The van der Waals surface area contributed by atoms with Crippen molar-refractivity contribution in [3.63, 3.8) is 0 Å². The average Bonchev–Trinajstić information content (AvgIpc) is 2.64. The van der Waals surface area contributed by atoms with Gasteiger partial charge in [-0.05, 0) is 31.4 Å². The van der Waals surface area contributed by atoms with Gasteiger partial charge in [-0.15, -0.1) is 0 Å². The first-order chi connectivity index (χ1) is 8.09. The molecule has 0 radical (unpaired) electrons. The molecule has 0 spiro atoms. The molecule has 1 aromatic rings. The van der Waals surface area contributed by atoms with Crippen molar-refractivity contribution >= 4 is 29.1 Å². The molecule has 2 N–H and O–H groups in total. The van der Waals surface area contributed by atoms with Crippen LogP contribution in [0.2, 0.25) is 10.0 Å². The molecule has 1 aliphatic rings. The minimum atomic E-state index is -0.472. The molecule has 1 amide bonds. The van der Waals surface area contributed by atoms with Crippen LogP contribution in [0.3, 0.4) is 0 Å². The Morgan fingerprint density at radius 1 is 1.29 bits per heavy atom. The summed E-state index contributed by atoms with van der Waals surface area (Å²) in [5.74, 6) is -0.327. The molecule has 2 rings (SSSR count). The van der Waals surface area contributed by atoms with Crippen LogP contribution in [0.25, 0.3) is 0 Å². The smallest absolute Gasteiger partial charge is 0.254 e. The number of rotatable bonds is 2. The summed E-state index contributed by atoms with van der Waals surface area (Å²) in [4.78, 5) is 12.0. The summed E-state index contributed by atoms with van der Waals surface area (Å²) >= 11 is 11.9. The molecule has 1 fully saturated rings. The molecule has 92 valence electrons. The number of nitrogens with one attached hydrogen (secondary N) is 1. The highest BCUT2D eigenvalue weighted by atomic mass is 35.5. The maximum absolute atomic E-state index is 12.0. The summed E-state index contributed by atoms with van der Waals surface area (Å²) in [6, 6.07) is 4.72. The summed E-state index contributed by atoms with van der Waals surface area (Å²) in [5, 5.41) is 13.1. The highest BCUT2D eigenvalue weighted by molar-refractivity contribution is 6.39. The van der Waals surface area contributed by atoms with E-state index in [4.69, 9.17) is 23.2 Å². The van der Waals surface area contributed by atoms with Crippen LogP contribution in [0, 0.1) is 0 Å². The van der Waals surface area contributed by atoms with Gasteiger partial charge < -0.3 is 10.4 Å². The van der Waals surface area contributed by atoms with Gasteiger partial charge in [0.05, 0.1) is 27.8 Å². The predicted molar refractivity (Wildman–Crippen MR) is 67.6 cm³/mol. The standard InChI is InChI=1S/C12H13Cl2NO2/c13-7-3-1-4-8(14)11(7)12(17)15-9-5-2-6-10(9)16/h1,3-4,9-10,16H,2,5-6H2,(H,15,17)/t9-,10-/m0/s1. The SMILES string of the molecule is O=C(N[C@H]1CCC[C@@H]1O)c1c(Cl)cccc1Cl. The molecular weight excluding hydrogens is 261 g/mol.